The summed E-state index contributed by atoms with van der Waals surface area (Å²) in [5.41, 5.74) is 0.460. The summed E-state index contributed by atoms with van der Waals surface area (Å²) in [6.45, 7) is 1.48. The van der Waals surface area contributed by atoms with Crippen molar-refractivity contribution in [2.24, 2.45) is 0 Å². The van der Waals surface area contributed by atoms with Gasteiger partial charge in [0.25, 0.3) is 0 Å². The van der Waals surface area contributed by atoms with Crippen LogP contribution in [0.2, 0.25) is 0 Å². The zero-order valence-electron chi connectivity index (χ0n) is 5.87. The van der Waals surface area contributed by atoms with Gasteiger partial charge in [-0.25, -0.2) is 4.98 Å². The standard InChI is InChI=1S/C7H6INO2/c1-5(10)7-3-2-6(11-8)4-9-7/h2-4H,1H3. The Balaban J connectivity index is 2.91. The lowest BCUT2D eigenvalue weighted by atomic mass is 10.3. The van der Waals surface area contributed by atoms with Gasteiger partial charge in [-0.3, -0.25) is 4.79 Å². The lowest BCUT2D eigenvalue weighted by Crippen LogP contribution is -1.94. The number of hydrogen-bond acceptors (Lipinski definition) is 3. The van der Waals surface area contributed by atoms with E-state index in [0.29, 0.717) is 11.4 Å². The fourth-order valence-electron chi connectivity index (χ4n) is 0.634. The first kappa shape index (κ1) is 8.45. The molecule has 0 saturated heterocycles. The van der Waals surface area contributed by atoms with Crippen LogP contribution in [0.1, 0.15) is 17.4 Å². The largest absolute Gasteiger partial charge is 0.426 e. The molecule has 0 fully saturated rings. The third-order valence-corrected chi connectivity index (χ3v) is 1.69. The van der Waals surface area contributed by atoms with Gasteiger partial charge >= 0.3 is 0 Å². The molecular weight excluding hydrogens is 257 g/mol. The van der Waals surface area contributed by atoms with E-state index in [-0.39, 0.29) is 5.78 Å². The monoisotopic (exact) mass is 263 g/mol. The fraction of sp³-hybridized carbons (Fsp3) is 0.143. The van der Waals surface area contributed by atoms with E-state index in [0.717, 1.165) is 0 Å². The summed E-state index contributed by atoms with van der Waals surface area (Å²) < 4.78 is 4.85. The van der Waals surface area contributed by atoms with Crippen LogP contribution in [0.25, 0.3) is 0 Å². The molecule has 11 heavy (non-hydrogen) atoms. The molecule has 0 aliphatic carbocycles. The number of carbonyl (C=O) groups excluding carboxylic acids is 1. The van der Waals surface area contributed by atoms with E-state index >= 15 is 0 Å². The molecule has 0 aliphatic heterocycles. The third kappa shape index (κ3) is 2.14. The molecule has 0 unspecified atom stereocenters. The topological polar surface area (TPSA) is 39.2 Å². The predicted octanol–water partition coefficient (Wildman–Crippen LogP) is 2.01. The first-order chi connectivity index (χ1) is 5.24. The lowest BCUT2D eigenvalue weighted by Gasteiger charge is -1.96. The number of hydrogen-bond donors (Lipinski definition) is 0. The van der Waals surface area contributed by atoms with E-state index in [4.69, 9.17) is 3.07 Å². The Morgan fingerprint density at radius 2 is 2.36 bits per heavy atom. The highest BCUT2D eigenvalue weighted by Gasteiger charge is 1.99. The quantitative estimate of drug-likeness (QED) is 0.605. The third-order valence-electron chi connectivity index (χ3n) is 1.19. The second kappa shape index (κ2) is 3.66. The van der Waals surface area contributed by atoms with E-state index in [1.165, 1.54) is 13.1 Å². The van der Waals surface area contributed by atoms with Crippen molar-refractivity contribution < 1.29 is 7.86 Å². The highest BCUT2D eigenvalue weighted by molar-refractivity contribution is 14.1. The van der Waals surface area contributed by atoms with Crippen LogP contribution in [0.15, 0.2) is 18.3 Å². The Labute approximate surface area is 78.5 Å². The Morgan fingerprint density at radius 1 is 1.64 bits per heavy atom. The molecule has 1 aromatic rings. The minimum absolute atomic E-state index is 0.0370. The number of pyridine rings is 1. The van der Waals surface area contributed by atoms with Gasteiger partial charge in [0.2, 0.25) is 0 Å². The summed E-state index contributed by atoms with van der Waals surface area (Å²) >= 11 is 1.76. The van der Waals surface area contributed by atoms with Gasteiger partial charge < -0.3 is 3.07 Å². The Bertz CT molecular complexity index is 258. The molecule has 0 amide bonds. The molecule has 3 nitrogen and oxygen atoms in total. The molecule has 4 heteroatoms. The number of carbonyl (C=O) groups is 1. The molecule has 58 valence electrons. The SMILES string of the molecule is CC(=O)c1ccc(OI)cn1. The molecule has 1 aromatic heterocycles. The smallest absolute Gasteiger partial charge is 0.192 e. The molecule has 0 saturated carbocycles. The molecule has 1 rings (SSSR count). The van der Waals surface area contributed by atoms with Crippen molar-refractivity contribution in [3.05, 3.63) is 24.0 Å². The van der Waals surface area contributed by atoms with Crippen molar-refractivity contribution >= 4 is 28.8 Å². The van der Waals surface area contributed by atoms with Crippen molar-refractivity contribution in [1.29, 1.82) is 0 Å². The number of aromatic nitrogens is 1. The van der Waals surface area contributed by atoms with Crippen LogP contribution in [-0.4, -0.2) is 10.8 Å². The van der Waals surface area contributed by atoms with E-state index in [1.807, 2.05) is 0 Å². The average molecular weight is 263 g/mol. The van der Waals surface area contributed by atoms with Crippen LogP contribution in [-0.2, 0) is 0 Å². The van der Waals surface area contributed by atoms with E-state index in [2.05, 4.69) is 4.98 Å². The normalized spacial score (nSPS) is 9.27. The zero-order chi connectivity index (χ0) is 8.27. The fourth-order valence-corrected chi connectivity index (χ4v) is 0.895. The zero-order valence-corrected chi connectivity index (χ0v) is 8.03. The summed E-state index contributed by atoms with van der Waals surface area (Å²) in [6.07, 6.45) is 1.52. The lowest BCUT2D eigenvalue weighted by molar-refractivity contribution is 0.101. The molecule has 0 aliphatic rings. The molecule has 0 radical (unpaired) electrons. The molecule has 1 heterocycles. The first-order valence-corrected chi connectivity index (χ1v) is 3.87. The van der Waals surface area contributed by atoms with Crippen molar-refractivity contribution in [3.63, 3.8) is 0 Å². The maximum Gasteiger partial charge on any atom is 0.192 e. The van der Waals surface area contributed by atoms with Crippen LogP contribution in [0.3, 0.4) is 0 Å². The predicted molar refractivity (Wildman–Crippen MR) is 48.9 cm³/mol. The number of nitrogens with zero attached hydrogens (tertiary/aromatic N) is 1. The van der Waals surface area contributed by atoms with Crippen molar-refractivity contribution in [3.8, 4) is 5.75 Å². The molecule has 0 bridgehead atoms. The first-order valence-electron chi connectivity index (χ1n) is 2.99. The average Bonchev–Trinajstić information content (AvgIpc) is 2.05. The van der Waals surface area contributed by atoms with Crippen molar-refractivity contribution in [2.45, 2.75) is 6.92 Å². The van der Waals surface area contributed by atoms with Crippen LogP contribution in [0.5, 0.6) is 5.75 Å². The summed E-state index contributed by atoms with van der Waals surface area (Å²) in [7, 11) is 0. The van der Waals surface area contributed by atoms with Crippen molar-refractivity contribution in [1.82, 2.24) is 4.98 Å². The minimum Gasteiger partial charge on any atom is -0.426 e. The highest BCUT2D eigenvalue weighted by atomic mass is 127. The second-order valence-corrected chi connectivity index (χ2v) is 2.45. The van der Waals surface area contributed by atoms with Gasteiger partial charge in [-0.15, -0.1) is 0 Å². The Hall–Kier alpha value is -0.650. The van der Waals surface area contributed by atoms with Gasteiger partial charge in [0.1, 0.15) is 5.69 Å². The molecule has 0 spiro atoms. The second-order valence-electron chi connectivity index (χ2n) is 2.01. The van der Waals surface area contributed by atoms with Gasteiger partial charge in [0.05, 0.1) is 6.20 Å². The van der Waals surface area contributed by atoms with Crippen LogP contribution in [0, 0.1) is 0 Å². The van der Waals surface area contributed by atoms with Gasteiger partial charge in [-0.2, -0.15) is 0 Å². The summed E-state index contributed by atoms with van der Waals surface area (Å²) in [4.78, 5) is 14.6. The summed E-state index contributed by atoms with van der Waals surface area (Å²) in [5, 5.41) is 0. The van der Waals surface area contributed by atoms with Crippen LogP contribution < -0.4 is 3.07 Å². The van der Waals surface area contributed by atoms with E-state index < -0.39 is 0 Å². The van der Waals surface area contributed by atoms with Gasteiger partial charge in [-0.05, 0) is 12.1 Å². The summed E-state index contributed by atoms with van der Waals surface area (Å²) in [5.74, 6) is 0.612. The number of halogens is 1. The van der Waals surface area contributed by atoms with Crippen LogP contribution in [0.4, 0.5) is 0 Å². The van der Waals surface area contributed by atoms with Gasteiger partial charge in [-0.1, -0.05) is 0 Å². The van der Waals surface area contributed by atoms with E-state index in [1.54, 1.807) is 35.1 Å². The minimum atomic E-state index is -0.0370. The highest BCUT2D eigenvalue weighted by Crippen LogP contribution is 2.11. The molecule has 0 aromatic carbocycles. The Kier molecular flexibility index (Phi) is 2.81. The maximum absolute atomic E-state index is 10.7. The molecular formula is C7H6INO2. The van der Waals surface area contributed by atoms with Crippen LogP contribution >= 0.6 is 23.0 Å². The van der Waals surface area contributed by atoms with Gasteiger partial charge in [0, 0.05) is 6.92 Å². The van der Waals surface area contributed by atoms with Gasteiger partial charge in [0.15, 0.2) is 34.5 Å². The number of rotatable bonds is 2. The number of Topliss-reactive ketones (excluding diaryl/α,β-unsaturated/α-hetero) is 1. The van der Waals surface area contributed by atoms with Crippen molar-refractivity contribution in [2.75, 3.05) is 0 Å². The summed E-state index contributed by atoms with van der Waals surface area (Å²) in [6, 6.07) is 3.34. The van der Waals surface area contributed by atoms with E-state index in [9.17, 15) is 4.79 Å². The molecule has 0 N–H and O–H groups in total. The molecule has 0 atom stereocenters. The number of ketones is 1. The maximum atomic E-state index is 10.7. The Morgan fingerprint density at radius 3 is 2.73 bits per heavy atom.